The number of aromatic nitrogens is 5. The van der Waals surface area contributed by atoms with Gasteiger partial charge in [-0.25, -0.2) is 14.6 Å². The highest BCUT2D eigenvalue weighted by molar-refractivity contribution is 9.10. The number of ether oxygens (including phenoxy) is 1. The molecule has 0 fully saturated rings. The van der Waals surface area contributed by atoms with Crippen LogP contribution in [0.15, 0.2) is 44.8 Å². The largest absolute Gasteiger partial charge is 0.443 e. The number of hydrogen-bond acceptors (Lipinski definition) is 5. The van der Waals surface area contributed by atoms with Crippen molar-refractivity contribution < 1.29 is 9.53 Å². The molecule has 0 spiro atoms. The van der Waals surface area contributed by atoms with Crippen molar-refractivity contribution in [3.63, 3.8) is 0 Å². The second-order valence-electron chi connectivity index (χ2n) is 8.40. The van der Waals surface area contributed by atoms with Crippen molar-refractivity contribution in [3.05, 3.63) is 61.6 Å². The van der Waals surface area contributed by atoms with Crippen LogP contribution in [0.2, 0.25) is 0 Å². The fourth-order valence-electron chi connectivity index (χ4n) is 3.48. The van der Waals surface area contributed by atoms with Gasteiger partial charge in [0.2, 0.25) is 0 Å². The Hall–Kier alpha value is -3.14. The predicted octanol–water partition coefficient (Wildman–Crippen LogP) is 2.98. The third kappa shape index (κ3) is 3.60. The lowest BCUT2D eigenvalue weighted by atomic mass is 10.1. The Balaban J connectivity index is 1.81. The summed E-state index contributed by atoms with van der Waals surface area (Å²) in [7, 11) is 3.28. The standard InChI is InChI=1S/C21H22BrN5O4/c1-21(2,3)31-20(30)26-9-8-13-7-6-12(10-14(13)26)11-27-17(28)15-16(25(5)19(27)29)23-18(22)24(15)4/h6-10H,11H2,1-5H3. The van der Waals surface area contributed by atoms with E-state index in [0.717, 1.165) is 5.39 Å². The Bertz CT molecular complexity index is 1470. The minimum absolute atomic E-state index is 0.0552. The van der Waals surface area contributed by atoms with E-state index in [-0.39, 0.29) is 6.54 Å². The molecule has 3 heterocycles. The van der Waals surface area contributed by atoms with Crippen molar-refractivity contribution in [2.75, 3.05) is 0 Å². The lowest BCUT2D eigenvalue weighted by molar-refractivity contribution is 0.0544. The molecule has 0 saturated heterocycles. The molecule has 0 saturated carbocycles. The van der Waals surface area contributed by atoms with Crippen LogP contribution in [-0.2, 0) is 25.4 Å². The quantitative estimate of drug-likeness (QED) is 0.405. The molecule has 0 unspecified atom stereocenters. The molecule has 0 aliphatic heterocycles. The SMILES string of the molecule is Cn1c(Br)nc2c1c(=O)n(Cc1ccc3ccn(C(=O)OC(C)(C)C)c3c1)c(=O)n2C. The number of carbonyl (C=O) groups is 1. The minimum Gasteiger partial charge on any atom is -0.443 e. The molecule has 0 radical (unpaired) electrons. The van der Waals surface area contributed by atoms with Crippen molar-refractivity contribution in [1.29, 1.82) is 0 Å². The summed E-state index contributed by atoms with van der Waals surface area (Å²) in [6, 6.07) is 7.28. The molecular formula is C21H22BrN5O4. The highest BCUT2D eigenvalue weighted by Gasteiger charge is 2.20. The monoisotopic (exact) mass is 487 g/mol. The van der Waals surface area contributed by atoms with Gasteiger partial charge in [-0.05, 0) is 54.4 Å². The number of fused-ring (bicyclic) bond motifs is 2. The number of imidazole rings is 1. The maximum Gasteiger partial charge on any atom is 0.418 e. The molecule has 162 valence electrons. The fourth-order valence-corrected chi connectivity index (χ4v) is 3.83. The van der Waals surface area contributed by atoms with Crippen molar-refractivity contribution in [3.8, 4) is 0 Å². The van der Waals surface area contributed by atoms with Gasteiger partial charge in [0.1, 0.15) is 5.60 Å². The summed E-state index contributed by atoms with van der Waals surface area (Å²) in [6.45, 7) is 5.46. The topological polar surface area (TPSA) is 93.1 Å². The van der Waals surface area contributed by atoms with Gasteiger partial charge in [0.05, 0.1) is 12.1 Å². The second kappa shape index (κ2) is 7.23. The summed E-state index contributed by atoms with van der Waals surface area (Å²) in [6.07, 6.45) is 1.15. The molecule has 0 aliphatic carbocycles. The van der Waals surface area contributed by atoms with E-state index in [2.05, 4.69) is 20.9 Å². The third-order valence-corrected chi connectivity index (χ3v) is 5.70. The Morgan fingerprint density at radius 2 is 1.84 bits per heavy atom. The number of nitrogens with zero attached hydrogens (tertiary/aromatic N) is 5. The first-order valence-corrected chi connectivity index (χ1v) is 10.4. The molecule has 0 bridgehead atoms. The molecule has 0 N–H and O–H groups in total. The zero-order chi connectivity index (χ0) is 22.7. The molecule has 9 nitrogen and oxygen atoms in total. The van der Waals surface area contributed by atoms with Gasteiger partial charge in [0.15, 0.2) is 15.9 Å². The van der Waals surface area contributed by atoms with Crippen LogP contribution in [0.25, 0.3) is 22.1 Å². The third-order valence-electron chi connectivity index (χ3n) is 4.99. The first kappa shape index (κ1) is 21.1. The Morgan fingerprint density at radius 1 is 1.13 bits per heavy atom. The van der Waals surface area contributed by atoms with Gasteiger partial charge < -0.3 is 9.30 Å². The average molecular weight is 488 g/mol. The predicted molar refractivity (Wildman–Crippen MR) is 121 cm³/mol. The highest BCUT2D eigenvalue weighted by Crippen LogP contribution is 2.20. The van der Waals surface area contributed by atoms with Gasteiger partial charge in [-0.3, -0.25) is 18.5 Å². The zero-order valence-corrected chi connectivity index (χ0v) is 19.4. The van der Waals surface area contributed by atoms with Crippen LogP contribution in [0.5, 0.6) is 0 Å². The van der Waals surface area contributed by atoms with Crippen molar-refractivity contribution in [1.82, 2.24) is 23.3 Å². The normalized spacial score (nSPS) is 12.1. The van der Waals surface area contributed by atoms with Gasteiger partial charge in [-0.15, -0.1) is 0 Å². The number of benzene rings is 1. The van der Waals surface area contributed by atoms with E-state index >= 15 is 0 Å². The molecule has 31 heavy (non-hydrogen) atoms. The first-order chi connectivity index (χ1) is 14.5. The lowest BCUT2D eigenvalue weighted by Gasteiger charge is -2.19. The molecule has 3 aromatic heterocycles. The van der Waals surface area contributed by atoms with Crippen LogP contribution < -0.4 is 11.2 Å². The Kier molecular flexibility index (Phi) is 4.92. The van der Waals surface area contributed by atoms with Crippen molar-refractivity contribution in [2.45, 2.75) is 32.9 Å². The molecule has 10 heteroatoms. The smallest absolute Gasteiger partial charge is 0.418 e. The van der Waals surface area contributed by atoms with Crippen molar-refractivity contribution in [2.24, 2.45) is 14.1 Å². The van der Waals surface area contributed by atoms with Crippen LogP contribution in [0.4, 0.5) is 4.79 Å². The Morgan fingerprint density at radius 3 is 2.52 bits per heavy atom. The van der Waals surface area contributed by atoms with Crippen LogP contribution >= 0.6 is 15.9 Å². The van der Waals surface area contributed by atoms with Gasteiger partial charge in [0.25, 0.3) is 5.56 Å². The van der Waals surface area contributed by atoms with Gasteiger partial charge in [-0.2, -0.15) is 0 Å². The molecule has 0 atom stereocenters. The van der Waals surface area contributed by atoms with E-state index in [9.17, 15) is 14.4 Å². The van der Waals surface area contributed by atoms with Crippen LogP contribution in [0.1, 0.15) is 26.3 Å². The van der Waals surface area contributed by atoms with Gasteiger partial charge in [-0.1, -0.05) is 12.1 Å². The summed E-state index contributed by atoms with van der Waals surface area (Å²) >= 11 is 3.30. The molecule has 4 rings (SSSR count). The first-order valence-electron chi connectivity index (χ1n) is 9.63. The van der Waals surface area contributed by atoms with Crippen LogP contribution in [0, 0.1) is 0 Å². The molecular weight excluding hydrogens is 466 g/mol. The second-order valence-corrected chi connectivity index (χ2v) is 9.11. The molecule has 1 aromatic carbocycles. The fraction of sp³-hybridized carbons (Fsp3) is 0.333. The summed E-state index contributed by atoms with van der Waals surface area (Å²) in [5.41, 5.74) is 0.461. The van der Waals surface area contributed by atoms with E-state index in [0.29, 0.717) is 27.0 Å². The molecule has 0 aliphatic rings. The highest BCUT2D eigenvalue weighted by atomic mass is 79.9. The minimum atomic E-state index is -0.627. The summed E-state index contributed by atoms with van der Waals surface area (Å²) in [5.74, 6) is 0. The van der Waals surface area contributed by atoms with E-state index in [1.165, 1.54) is 13.7 Å². The van der Waals surface area contributed by atoms with E-state index < -0.39 is 22.9 Å². The van der Waals surface area contributed by atoms with E-state index in [1.807, 2.05) is 18.2 Å². The number of hydrogen-bond donors (Lipinski definition) is 0. The molecule has 4 aromatic rings. The Labute approximate surface area is 185 Å². The zero-order valence-electron chi connectivity index (χ0n) is 17.8. The number of carbonyl (C=O) groups excluding carboxylic acids is 1. The van der Waals surface area contributed by atoms with Crippen LogP contribution in [-0.4, -0.2) is 34.9 Å². The summed E-state index contributed by atoms with van der Waals surface area (Å²) < 4.78 is 11.5. The van der Waals surface area contributed by atoms with E-state index in [4.69, 9.17) is 4.74 Å². The van der Waals surface area contributed by atoms with Crippen molar-refractivity contribution >= 4 is 44.1 Å². The number of halogens is 1. The maximum atomic E-state index is 13.1. The van der Waals surface area contributed by atoms with Gasteiger partial charge in [0, 0.05) is 25.7 Å². The lowest BCUT2D eigenvalue weighted by Crippen LogP contribution is -2.39. The van der Waals surface area contributed by atoms with Crippen LogP contribution in [0.3, 0.4) is 0 Å². The summed E-state index contributed by atoms with van der Waals surface area (Å²) in [5, 5.41) is 0.848. The van der Waals surface area contributed by atoms with E-state index in [1.54, 1.807) is 51.7 Å². The summed E-state index contributed by atoms with van der Waals surface area (Å²) in [4.78, 5) is 42.7. The molecule has 0 amide bonds. The van der Waals surface area contributed by atoms with Gasteiger partial charge >= 0.3 is 11.8 Å². The maximum absolute atomic E-state index is 13.1. The number of rotatable bonds is 2. The number of aryl methyl sites for hydroxylation is 2. The average Bonchev–Trinajstić information content (AvgIpc) is 3.23.